The largest absolute Gasteiger partial charge is 0.368 e. The fourth-order valence-electron chi connectivity index (χ4n) is 2.70. The van der Waals surface area contributed by atoms with Crippen molar-refractivity contribution in [3.63, 3.8) is 0 Å². The highest BCUT2D eigenvalue weighted by Crippen LogP contribution is 2.26. The van der Waals surface area contributed by atoms with Crippen molar-refractivity contribution in [1.82, 2.24) is 10.2 Å². The minimum absolute atomic E-state index is 0.0336. The molecule has 0 aromatic heterocycles. The summed E-state index contributed by atoms with van der Waals surface area (Å²) in [6.45, 7) is 3.44. The fraction of sp³-hybridized carbons (Fsp3) is 0.818. The Morgan fingerprint density at radius 1 is 1.44 bits per heavy atom. The van der Waals surface area contributed by atoms with Gasteiger partial charge in [0.2, 0.25) is 11.8 Å². The summed E-state index contributed by atoms with van der Waals surface area (Å²) in [5.41, 5.74) is 4.83. The average molecular weight is 225 g/mol. The van der Waals surface area contributed by atoms with Crippen LogP contribution in [0, 0.1) is 0 Å². The van der Waals surface area contributed by atoms with Crippen LogP contribution >= 0.6 is 0 Å². The maximum Gasteiger partial charge on any atom is 0.243 e. The highest BCUT2D eigenvalue weighted by molar-refractivity contribution is 5.92. The van der Waals surface area contributed by atoms with Crippen LogP contribution in [0.1, 0.15) is 32.6 Å². The van der Waals surface area contributed by atoms with E-state index in [9.17, 15) is 9.59 Å². The van der Waals surface area contributed by atoms with Gasteiger partial charge in [-0.15, -0.1) is 0 Å². The van der Waals surface area contributed by atoms with Crippen molar-refractivity contribution in [3.05, 3.63) is 0 Å². The number of nitrogens with one attached hydrogen (secondary N) is 1. The van der Waals surface area contributed by atoms with Gasteiger partial charge in [0.25, 0.3) is 0 Å². The molecule has 3 N–H and O–H groups in total. The number of likely N-dealkylation sites (tertiary alicyclic amines) is 1. The van der Waals surface area contributed by atoms with Gasteiger partial charge < -0.3 is 16.0 Å². The highest BCUT2D eigenvalue weighted by Gasteiger charge is 2.43. The minimum atomic E-state index is -0.488. The maximum absolute atomic E-state index is 12.3. The monoisotopic (exact) mass is 225 g/mol. The van der Waals surface area contributed by atoms with E-state index in [0.29, 0.717) is 13.0 Å². The number of hydrogen-bond donors (Lipinski definition) is 2. The SMILES string of the molecule is CC1(C(=O)N2CCCC2C(N)=O)CCCN1. The molecule has 2 fully saturated rings. The number of rotatable bonds is 2. The van der Waals surface area contributed by atoms with Gasteiger partial charge in [-0.25, -0.2) is 0 Å². The molecule has 5 nitrogen and oxygen atoms in total. The molecule has 16 heavy (non-hydrogen) atoms. The topological polar surface area (TPSA) is 75.4 Å². The molecule has 0 saturated carbocycles. The van der Waals surface area contributed by atoms with E-state index in [0.717, 1.165) is 25.8 Å². The standard InChI is InChI=1S/C11H19N3O2/c1-11(5-3-6-13-11)10(16)14-7-2-4-8(14)9(12)15/h8,13H,2-7H2,1H3,(H2,12,15). The lowest BCUT2D eigenvalue weighted by molar-refractivity contribution is -0.142. The molecule has 2 aliphatic heterocycles. The van der Waals surface area contributed by atoms with Gasteiger partial charge in [-0.05, 0) is 39.2 Å². The van der Waals surface area contributed by atoms with Crippen LogP contribution in [-0.2, 0) is 9.59 Å². The summed E-state index contributed by atoms with van der Waals surface area (Å²) in [7, 11) is 0. The smallest absolute Gasteiger partial charge is 0.243 e. The Morgan fingerprint density at radius 2 is 2.19 bits per heavy atom. The quantitative estimate of drug-likeness (QED) is 0.671. The second-order valence-electron chi connectivity index (χ2n) is 4.92. The molecule has 90 valence electrons. The summed E-state index contributed by atoms with van der Waals surface area (Å²) in [4.78, 5) is 25.2. The fourth-order valence-corrected chi connectivity index (χ4v) is 2.70. The van der Waals surface area contributed by atoms with Gasteiger partial charge in [0.15, 0.2) is 0 Å². The Morgan fingerprint density at radius 3 is 2.75 bits per heavy atom. The van der Waals surface area contributed by atoms with Gasteiger partial charge in [-0.1, -0.05) is 0 Å². The third kappa shape index (κ3) is 1.80. The predicted molar refractivity (Wildman–Crippen MR) is 59.6 cm³/mol. The molecule has 2 heterocycles. The van der Waals surface area contributed by atoms with E-state index in [1.54, 1.807) is 4.90 Å². The van der Waals surface area contributed by atoms with Gasteiger partial charge in [-0.3, -0.25) is 9.59 Å². The molecule has 2 saturated heterocycles. The Balaban J connectivity index is 2.12. The molecule has 0 aromatic carbocycles. The van der Waals surface area contributed by atoms with Crippen molar-refractivity contribution in [2.24, 2.45) is 5.73 Å². The number of primary amides is 1. The lowest BCUT2D eigenvalue weighted by atomic mass is 9.98. The van der Waals surface area contributed by atoms with Crippen molar-refractivity contribution in [1.29, 1.82) is 0 Å². The number of hydrogen-bond acceptors (Lipinski definition) is 3. The molecule has 2 amide bonds. The van der Waals surface area contributed by atoms with E-state index in [1.807, 2.05) is 6.92 Å². The maximum atomic E-state index is 12.3. The van der Waals surface area contributed by atoms with Crippen molar-refractivity contribution in [2.45, 2.75) is 44.2 Å². The molecular formula is C11H19N3O2. The highest BCUT2D eigenvalue weighted by atomic mass is 16.2. The van der Waals surface area contributed by atoms with Crippen LogP contribution in [0.2, 0.25) is 0 Å². The lowest BCUT2D eigenvalue weighted by Crippen LogP contribution is -2.56. The summed E-state index contributed by atoms with van der Waals surface area (Å²) in [6, 6.07) is -0.397. The number of amides is 2. The first kappa shape index (κ1) is 11.4. The second-order valence-corrected chi connectivity index (χ2v) is 4.92. The van der Waals surface area contributed by atoms with E-state index in [1.165, 1.54) is 0 Å². The molecule has 0 radical (unpaired) electrons. The number of nitrogens with two attached hydrogens (primary N) is 1. The first-order valence-electron chi connectivity index (χ1n) is 5.90. The van der Waals surface area contributed by atoms with Crippen LogP contribution in [0.3, 0.4) is 0 Å². The van der Waals surface area contributed by atoms with Crippen LogP contribution in [0.5, 0.6) is 0 Å². The van der Waals surface area contributed by atoms with Gasteiger partial charge >= 0.3 is 0 Å². The normalized spacial score (nSPS) is 34.3. The first-order chi connectivity index (χ1) is 7.54. The third-order valence-electron chi connectivity index (χ3n) is 3.68. The van der Waals surface area contributed by atoms with Crippen molar-refractivity contribution >= 4 is 11.8 Å². The molecule has 2 aliphatic rings. The zero-order chi connectivity index (χ0) is 11.8. The number of carbonyl (C=O) groups is 2. The van der Waals surface area contributed by atoms with Gasteiger partial charge in [0.1, 0.15) is 6.04 Å². The van der Waals surface area contributed by atoms with E-state index >= 15 is 0 Å². The summed E-state index contributed by atoms with van der Waals surface area (Å²) >= 11 is 0. The average Bonchev–Trinajstić information content (AvgIpc) is 2.85. The minimum Gasteiger partial charge on any atom is -0.368 e. The second kappa shape index (κ2) is 4.05. The lowest BCUT2D eigenvalue weighted by Gasteiger charge is -2.31. The van der Waals surface area contributed by atoms with E-state index in [2.05, 4.69) is 5.32 Å². The molecule has 2 atom stereocenters. The van der Waals surface area contributed by atoms with Crippen molar-refractivity contribution in [3.8, 4) is 0 Å². The van der Waals surface area contributed by atoms with Crippen LogP contribution in [0.4, 0.5) is 0 Å². The Labute approximate surface area is 95.3 Å². The van der Waals surface area contributed by atoms with Crippen molar-refractivity contribution < 1.29 is 9.59 Å². The first-order valence-corrected chi connectivity index (χ1v) is 5.90. The summed E-state index contributed by atoms with van der Waals surface area (Å²) in [6.07, 6.45) is 3.43. The number of nitrogens with zero attached hydrogens (tertiary/aromatic N) is 1. The molecule has 0 spiro atoms. The summed E-state index contributed by atoms with van der Waals surface area (Å²) in [5.74, 6) is -0.348. The number of carbonyl (C=O) groups excluding carboxylic acids is 2. The van der Waals surface area contributed by atoms with Gasteiger partial charge in [0.05, 0.1) is 5.54 Å². The summed E-state index contributed by atoms with van der Waals surface area (Å²) < 4.78 is 0. The zero-order valence-corrected chi connectivity index (χ0v) is 9.66. The van der Waals surface area contributed by atoms with Crippen molar-refractivity contribution in [2.75, 3.05) is 13.1 Å². The predicted octanol–water partition coefficient (Wildman–Crippen LogP) is -0.395. The molecule has 2 unspecified atom stereocenters. The molecule has 0 aromatic rings. The van der Waals surface area contributed by atoms with Gasteiger partial charge in [-0.2, -0.15) is 0 Å². The molecular weight excluding hydrogens is 206 g/mol. The van der Waals surface area contributed by atoms with E-state index in [4.69, 9.17) is 5.73 Å². The van der Waals surface area contributed by atoms with E-state index in [-0.39, 0.29) is 11.8 Å². The van der Waals surface area contributed by atoms with Crippen LogP contribution in [-0.4, -0.2) is 41.4 Å². The van der Waals surface area contributed by atoms with Crippen LogP contribution in [0.15, 0.2) is 0 Å². The molecule has 0 aliphatic carbocycles. The molecule has 5 heteroatoms. The van der Waals surface area contributed by atoms with Crippen LogP contribution < -0.4 is 11.1 Å². The van der Waals surface area contributed by atoms with E-state index < -0.39 is 11.6 Å². The Bertz CT molecular complexity index is 310. The molecule has 2 rings (SSSR count). The summed E-state index contributed by atoms with van der Waals surface area (Å²) in [5, 5.41) is 3.23. The molecule has 0 bridgehead atoms. The third-order valence-corrected chi connectivity index (χ3v) is 3.68. The van der Waals surface area contributed by atoms with Crippen LogP contribution in [0.25, 0.3) is 0 Å². The zero-order valence-electron chi connectivity index (χ0n) is 9.66. The van der Waals surface area contributed by atoms with Gasteiger partial charge in [0, 0.05) is 6.54 Å². The Kier molecular flexibility index (Phi) is 2.88. The Hall–Kier alpha value is -1.10.